The molecule has 1 aromatic carbocycles. The Morgan fingerprint density at radius 1 is 1.29 bits per heavy atom. The monoisotopic (exact) mass is 257 g/mol. The van der Waals surface area contributed by atoms with Gasteiger partial charge in [-0.3, -0.25) is 0 Å². The number of ether oxygens (including phenoxy) is 1. The second kappa shape index (κ2) is 3.81. The van der Waals surface area contributed by atoms with Crippen LogP contribution in [-0.2, 0) is 5.41 Å². The Hall–Kier alpha value is -0.700. The molecule has 1 aromatic rings. The number of benzene rings is 1. The highest BCUT2D eigenvalue weighted by Crippen LogP contribution is 2.36. The fraction of sp³-hybridized carbons (Fsp3) is 0.455. The number of methoxy groups -OCH3 is 1. The maximum atomic E-state index is 5.84. The molecule has 3 heteroatoms. The Morgan fingerprint density at radius 2 is 1.86 bits per heavy atom. The normalized spacial score (nSPS) is 11.5. The Balaban J connectivity index is 3.35. The molecule has 78 valence electrons. The van der Waals surface area contributed by atoms with Gasteiger partial charge in [0.05, 0.1) is 7.11 Å². The van der Waals surface area contributed by atoms with Crippen molar-refractivity contribution in [2.24, 2.45) is 0 Å². The first-order chi connectivity index (χ1) is 6.36. The summed E-state index contributed by atoms with van der Waals surface area (Å²) in [4.78, 5) is 0. The SMILES string of the molecule is COc1cc(Br)c(N)cc1C(C)(C)C. The third-order valence-corrected chi connectivity index (χ3v) is 2.81. The summed E-state index contributed by atoms with van der Waals surface area (Å²) in [6.45, 7) is 6.41. The number of anilines is 1. The maximum Gasteiger partial charge on any atom is 0.123 e. The molecule has 0 aliphatic rings. The van der Waals surface area contributed by atoms with Gasteiger partial charge in [0.15, 0.2) is 0 Å². The number of hydrogen-bond acceptors (Lipinski definition) is 2. The third-order valence-electron chi connectivity index (χ3n) is 2.13. The first-order valence-electron chi connectivity index (χ1n) is 4.49. The Bertz CT molecular complexity index is 342. The van der Waals surface area contributed by atoms with Gasteiger partial charge >= 0.3 is 0 Å². The van der Waals surface area contributed by atoms with Crippen molar-refractivity contribution in [3.8, 4) is 5.75 Å². The number of nitrogen functional groups attached to an aromatic ring is 1. The van der Waals surface area contributed by atoms with Crippen molar-refractivity contribution < 1.29 is 4.74 Å². The fourth-order valence-corrected chi connectivity index (χ4v) is 1.65. The third kappa shape index (κ3) is 2.21. The quantitative estimate of drug-likeness (QED) is 0.784. The Kier molecular flexibility index (Phi) is 3.10. The van der Waals surface area contributed by atoms with Crippen molar-refractivity contribution in [1.29, 1.82) is 0 Å². The summed E-state index contributed by atoms with van der Waals surface area (Å²) in [5, 5.41) is 0. The van der Waals surface area contributed by atoms with E-state index in [0.717, 1.165) is 21.5 Å². The van der Waals surface area contributed by atoms with Crippen molar-refractivity contribution in [2.75, 3.05) is 12.8 Å². The highest BCUT2D eigenvalue weighted by molar-refractivity contribution is 9.10. The molecular weight excluding hydrogens is 242 g/mol. The largest absolute Gasteiger partial charge is 0.496 e. The molecule has 1 rings (SSSR count). The van der Waals surface area contributed by atoms with E-state index in [4.69, 9.17) is 10.5 Å². The molecule has 14 heavy (non-hydrogen) atoms. The highest BCUT2D eigenvalue weighted by atomic mass is 79.9. The summed E-state index contributed by atoms with van der Waals surface area (Å²) in [5.74, 6) is 0.874. The van der Waals surface area contributed by atoms with Crippen molar-refractivity contribution in [1.82, 2.24) is 0 Å². The minimum atomic E-state index is 0.0418. The Labute approximate surface area is 93.6 Å². The van der Waals surface area contributed by atoms with Gasteiger partial charge in [0.2, 0.25) is 0 Å². The van der Waals surface area contributed by atoms with Crippen molar-refractivity contribution >= 4 is 21.6 Å². The van der Waals surface area contributed by atoms with E-state index in [1.165, 1.54) is 0 Å². The van der Waals surface area contributed by atoms with Crippen LogP contribution in [0.15, 0.2) is 16.6 Å². The van der Waals surface area contributed by atoms with Gasteiger partial charge in [-0.05, 0) is 33.5 Å². The molecule has 0 fully saturated rings. The lowest BCUT2D eigenvalue weighted by molar-refractivity contribution is 0.397. The predicted molar refractivity (Wildman–Crippen MR) is 63.8 cm³/mol. The van der Waals surface area contributed by atoms with Crippen molar-refractivity contribution in [3.05, 3.63) is 22.2 Å². The standard InChI is InChI=1S/C11H16BrNO/c1-11(2,3)7-5-9(13)8(12)6-10(7)14-4/h5-6H,13H2,1-4H3. The number of nitrogens with two attached hydrogens (primary N) is 1. The van der Waals surface area contributed by atoms with Crippen LogP contribution in [0.4, 0.5) is 5.69 Å². The van der Waals surface area contributed by atoms with E-state index in [2.05, 4.69) is 36.7 Å². The lowest BCUT2D eigenvalue weighted by Crippen LogP contribution is -2.13. The number of hydrogen-bond donors (Lipinski definition) is 1. The first-order valence-corrected chi connectivity index (χ1v) is 5.29. The summed E-state index contributed by atoms with van der Waals surface area (Å²) >= 11 is 3.38. The molecule has 0 saturated carbocycles. The maximum absolute atomic E-state index is 5.84. The van der Waals surface area contributed by atoms with E-state index in [0.29, 0.717) is 0 Å². The molecule has 0 amide bonds. The van der Waals surface area contributed by atoms with E-state index in [9.17, 15) is 0 Å². The number of rotatable bonds is 1. The molecule has 2 N–H and O–H groups in total. The van der Waals surface area contributed by atoms with Gasteiger partial charge in [-0.15, -0.1) is 0 Å². The molecule has 0 saturated heterocycles. The average Bonchev–Trinajstić information content (AvgIpc) is 2.07. The van der Waals surface area contributed by atoms with Crippen molar-refractivity contribution in [2.45, 2.75) is 26.2 Å². The summed E-state index contributed by atoms with van der Waals surface area (Å²) in [6, 6.07) is 3.87. The molecule has 0 unspecified atom stereocenters. The zero-order valence-electron chi connectivity index (χ0n) is 9.02. The van der Waals surface area contributed by atoms with E-state index in [-0.39, 0.29) is 5.41 Å². The van der Waals surface area contributed by atoms with Crippen LogP contribution < -0.4 is 10.5 Å². The minimum absolute atomic E-state index is 0.0418. The van der Waals surface area contributed by atoms with E-state index >= 15 is 0 Å². The molecule has 0 heterocycles. The van der Waals surface area contributed by atoms with Crippen LogP contribution in [-0.4, -0.2) is 7.11 Å². The molecule has 2 nitrogen and oxygen atoms in total. The second-order valence-electron chi connectivity index (χ2n) is 4.32. The molecule has 0 atom stereocenters. The first kappa shape index (κ1) is 11.4. The van der Waals surface area contributed by atoms with Crippen LogP contribution in [0.3, 0.4) is 0 Å². The van der Waals surface area contributed by atoms with Crippen LogP contribution in [0, 0.1) is 0 Å². The molecule has 0 radical (unpaired) electrons. The summed E-state index contributed by atoms with van der Waals surface area (Å²) in [7, 11) is 1.67. The van der Waals surface area contributed by atoms with Gasteiger partial charge in [0.25, 0.3) is 0 Å². The number of halogens is 1. The van der Waals surface area contributed by atoms with Gasteiger partial charge in [-0.2, -0.15) is 0 Å². The van der Waals surface area contributed by atoms with Crippen LogP contribution in [0.2, 0.25) is 0 Å². The average molecular weight is 258 g/mol. The van der Waals surface area contributed by atoms with Gasteiger partial charge in [0, 0.05) is 15.7 Å². The zero-order chi connectivity index (χ0) is 10.9. The molecular formula is C11H16BrNO. The highest BCUT2D eigenvalue weighted by Gasteiger charge is 2.19. The summed E-state index contributed by atoms with van der Waals surface area (Å²) in [6.07, 6.45) is 0. The fourth-order valence-electron chi connectivity index (χ4n) is 1.33. The topological polar surface area (TPSA) is 35.2 Å². The van der Waals surface area contributed by atoms with Gasteiger partial charge in [-0.1, -0.05) is 20.8 Å². The molecule has 0 aromatic heterocycles. The molecule has 0 spiro atoms. The summed E-state index contributed by atoms with van der Waals surface area (Å²) in [5.41, 5.74) is 7.75. The van der Waals surface area contributed by atoms with Crippen LogP contribution in [0.25, 0.3) is 0 Å². The van der Waals surface area contributed by atoms with Crippen LogP contribution >= 0.6 is 15.9 Å². The second-order valence-corrected chi connectivity index (χ2v) is 5.18. The van der Waals surface area contributed by atoms with E-state index in [1.54, 1.807) is 7.11 Å². The van der Waals surface area contributed by atoms with Gasteiger partial charge in [-0.25, -0.2) is 0 Å². The van der Waals surface area contributed by atoms with Crippen LogP contribution in [0.1, 0.15) is 26.3 Å². The lowest BCUT2D eigenvalue weighted by Gasteiger charge is -2.22. The lowest BCUT2D eigenvalue weighted by atomic mass is 9.86. The smallest absolute Gasteiger partial charge is 0.123 e. The molecule has 0 bridgehead atoms. The van der Waals surface area contributed by atoms with E-state index < -0.39 is 0 Å². The van der Waals surface area contributed by atoms with E-state index in [1.807, 2.05) is 12.1 Å². The van der Waals surface area contributed by atoms with Crippen LogP contribution in [0.5, 0.6) is 5.75 Å². The molecule has 0 aliphatic carbocycles. The summed E-state index contributed by atoms with van der Waals surface area (Å²) < 4.78 is 6.20. The minimum Gasteiger partial charge on any atom is -0.496 e. The Morgan fingerprint density at radius 3 is 2.29 bits per heavy atom. The van der Waals surface area contributed by atoms with Gasteiger partial charge in [0.1, 0.15) is 5.75 Å². The zero-order valence-corrected chi connectivity index (χ0v) is 10.6. The van der Waals surface area contributed by atoms with Gasteiger partial charge < -0.3 is 10.5 Å². The molecule has 0 aliphatic heterocycles. The van der Waals surface area contributed by atoms with Crippen molar-refractivity contribution in [3.63, 3.8) is 0 Å². The predicted octanol–water partition coefficient (Wildman–Crippen LogP) is 3.34.